The lowest BCUT2D eigenvalue weighted by atomic mass is 10.0. The highest BCUT2D eigenvalue weighted by molar-refractivity contribution is 6.09. The van der Waals surface area contributed by atoms with E-state index in [0.717, 1.165) is 0 Å². The number of benzene rings is 1. The maximum atomic E-state index is 11.6. The van der Waals surface area contributed by atoms with Gasteiger partial charge >= 0.3 is 0 Å². The first-order valence-electron chi connectivity index (χ1n) is 4.58. The molecule has 1 heterocycles. The fourth-order valence-electron chi connectivity index (χ4n) is 1.53. The normalized spacial score (nSPS) is 14.9. The van der Waals surface area contributed by atoms with Gasteiger partial charge in [0.15, 0.2) is 5.78 Å². The van der Waals surface area contributed by atoms with E-state index in [-0.39, 0.29) is 24.5 Å². The molecule has 0 aromatic heterocycles. The first kappa shape index (κ1) is 9.41. The van der Waals surface area contributed by atoms with Crippen molar-refractivity contribution in [1.82, 2.24) is 0 Å². The number of ketones is 1. The van der Waals surface area contributed by atoms with Gasteiger partial charge in [0.1, 0.15) is 0 Å². The van der Waals surface area contributed by atoms with Crippen molar-refractivity contribution in [3.05, 3.63) is 29.3 Å². The smallest absolute Gasteiger partial charge is 0.224 e. The van der Waals surface area contributed by atoms with Crippen molar-refractivity contribution >= 4 is 17.4 Å². The zero-order chi connectivity index (χ0) is 10.8. The Kier molecular flexibility index (Phi) is 2.22. The Labute approximate surface area is 86.5 Å². The Morgan fingerprint density at radius 1 is 1.27 bits per heavy atom. The summed E-state index contributed by atoms with van der Waals surface area (Å²) in [5.41, 5.74) is 1.37. The summed E-state index contributed by atoms with van der Waals surface area (Å²) >= 11 is 0. The van der Waals surface area contributed by atoms with E-state index in [9.17, 15) is 9.59 Å². The summed E-state index contributed by atoms with van der Waals surface area (Å²) in [6, 6.07) is 6.65. The van der Waals surface area contributed by atoms with Crippen LogP contribution in [0.2, 0.25) is 0 Å². The predicted molar refractivity (Wildman–Crippen MR) is 53.4 cm³/mol. The van der Waals surface area contributed by atoms with Crippen LogP contribution in [0.3, 0.4) is 0 Å². The Balaban J connectivity index is 2.53. The lowest BCUT2D eigenvalue weighted by Gasteiger charge is -2.04. The van der Waals surface area contributed by atoms with Crippen LogP contribution in [-0.2, 0) is 4.79 Å². The van der Waals surface area contributed by atoms with E-state index < -0.39 is 0 Å². The van der Waals surface area contributed by atoms with E-state index in [1.165, 1.54) is 6.07 Å². The number of nitriles is 1. The molecular weight excluding hydrogens is 192 g/mol. The molecule has 0 bridgehead atoms. The third kappa shape index (κ3) is 1.72. The molecule has 4 nitrogen and oxygen atoms in total. The van der Waals surface area contributed by atoms with Crippen molar-refractivity contribution in [2.24, 2.45) is 0 Å². The lowest BCUT2D eigenvalue weighted by Crippen LogP contribution is -2.09. The van der Waals surface area contributed by atoms with Crippen LogP contribution >= 0.6 is 0 Å². The van der Waals surface area contributed by atoms with Gasteiger partial charge in [-0.3, -0.25) is 9.59 Å². The number of carbonyl (C=O) groups is 2. The number of hydrogen-bond donors (Lipinski definition) is 1. The summed E-state index contributed by atoms with van der Waals surface area (Å²) in [6.07, 6.45) is 0.431. The molecular formula is C11H8N2O2. The molecule has 0 atom stereocenters. The number of nitrogens with zero attached hydrogens (tertiary/aromatic N) is 1. The first-order chi connectivity index (χ1) is 7.20. The van der Waals surface area contributed by atoms with Gasteiger partial charge in [-0.05, 0) is 18.2 Å². The summed E-state index contributed by atoms with van der Waals surface area (Å²) in [4.78, 5) is 22.8. The Hall–Kier alpha value is -2.15. The van der Waals surface area contributed by atoms with Crippen LogP contribution in [0.4, 0.5) is 5.69 Å². The third-order valence-corrected chi connectivity index (χ3v) is 2.30. The third-order valence-electron chi connectivity index (χ3n) is 2.30. The summed E-state index contributed by atoms with van der Waals surface area (Å²) in [5, 5.41) is 11.3. The van der Waals surface area contributed by atoms with Crippen LogP contribution in [0.25, 0.3) is 0 Å². The van der Waals surface area contributed by atoms with E-state index in [0.29, 0.717) is 16.8 Å². The van der Waals surface area contributed by atoms with Crippen molar-refractivity contribution in [2.75, 3.05) is 5.32 Å². The van der Waals surface area contributed by atoms with Crippen LogP contribution in [-0.4, -0.2) is 11.7 Å². The van der Waals surface area contributed by atoms with Gasteiger partial charge in [0, 0.05) is 18.4 Å². The Morgan fingerprint density at radius 3 is 2.80 bits per heavy atom. The molecule has 0 unspecified atom stereocenters. The number of hydrogen-bond acceptors (Lipinski definition) is 3. The molecule has 2 rings (SSSR count). The number of anilines is 1. The molecule has 0 saturated heterocycles. The van der Waals surface area contributed by atoms with Gasteiger partial charge in [-0.15, -0.1) is 0 Å². The second-order valence-corrected chi connectivity index (χ2v) is 3.34. The average Bonchev–Trinajstić information content (AvgIpc) is 2.38. The number of fused-ring (bicyclic) bond motifs is 1. The van der Waals surface area contributed by atoms with Gasteiger partial charge in [-0.1, -0.05) is 0 Å². The maximum Gasteiger partial charge on any atom is 0.224 e. The molecule has 1 aromatic carbocycles. The van der Waals surface area contributed by atoms with E-state index in [1.807, 2.05) is 6.07 Å². The molecule has 1 aromatic rings. The van der Waals surface area contributed by atoms with Crippen molar-refractivity contribution in [1.29, 1.82) is 5.26 Å². The van der Waals surface area contributed by atoms with Crippen LogP contribution < -0.4 is 5.32 Å². The lowest BCUT2D eigenvalue weighted by molar-refractivity contribution is -0.116. The summed E-state index contributed by atoms with van der Waals surface area (Å²) in [7, 11) is 0. The van der Waals surface area contributed by atoms with Crippen molar-refractivity contribution in [2.45, 2.75) is 12.8 Å². The number of Topliss-reactive ketones (excluding diaryl/α,β-unsaturated/α-hetero) is 1. The van der Waals surface area contributed by atoms with Gasteiger partial charge in [-0.25, -0.2) is 0 Å². The van der Waals surface area contributed by atoms with Gasteiger partial charge in [-0.2, -0.15) is 5.26 Å². The molecule has 1 aliphatic heterocycles. The number of nitrogens with one attached hydrogen (secondary N) is 1. The Morgan fingerprint density at radius 2 is 2.07 bits per heavy atom. The molecule has 74 valence electrons. The predicted octanol–water partition coefficient (Wildman–Crippen LogP) is 1.47. The molecule has 0 saturated carbocycles. The van der Waals surface area contributed by atoms with Crippen LogP contribution in [0, 0.1) is 11.3 Å². The fraction of sp³-hybridized carbons (Fsp3) is 0.182. The van der Waals surface area contributed by atoms with E-state index in [1.54, 1.807) is 12.1 Å². The average molecular weight is 200 g/mol. The monoisotopic (exact) mass is 200 g/mol. The molecule has 4 heteroatoms. The topological polar surface area (TPSA) is 70.0 Å². The first-order valence-corrected chi connectivity index (χ1v) is 4.58. The van der Waals surface area contributed by atoms with Crippen molar-refractivity contribution < 1.29 is 9.59 Å². The summed E-state index contributed by atoms with van der Waals surface area (Å²) in [5.74, 6) is -0.245. The SMILES string of the molecule is N#Cc1ccc2c(c1)NC(=O)CCC2=O. The highest BCUT2D eigenvalue weighted by Gasteiger charge is 2.19. The van der Waals surface area contributed by atoms with E-state index in [2.05, 4.69) is 5.32 Å². The standard InChI is InChI=1S/C11H8N2O2/c12-6-7-1-2-8-9(5-7)13-11(15)4-3-10(8)14/h1-2,5H,3-4H2,(H,13,15). The second kappa shape index (κ2) is 3.54. The summed E-state index contributed by atoms with van der Waals surface area (Å²) < 4.78 is 0. The van der Waals surface area contributed by atoms with Gasteiger partial charge < -0.3 is 5.32 Å². The van der Waals surface area contributed by atoms with Crippen LogP contribution in [0.1, 0.15) is 28.8 Å². The number of amides is 1. The largest absolute Gasteiger partial charge is 0.325 e. The quantitative estimate of drug-likeness (QED) is 0.689. The van der Waals surface area contributed by atoms with Gasteiger partial charge in [0.25, 0.3) is 0 Å². The molecule has 0 aliphatic carbocycles. The molecule has 0 radical (unpaired) electrons. The molecule has 1 N–H and O–H groups in total. The highest BCUT2D eigenvalue weighted by atomic mass is 16.2. The molecule has 0 spiro atoms. The highest BCUT2D eigenvalue weighted by Crippen LogP contribution is 2.22. The molecule has 1 amide bonds. The van der Waals surface area contributed by atoms with Crippen molar-refractivity contribution in [3.63, 3.8) is 0 Å². The second-order valence-electron chi connectivity index (χ2n) is 3.34. The summed E-state index contributed by atoms with van der Waals surface area (Å²) in [6.45, 7) is 0. The van der Waals surface area contributed by atoms with Gasteiger partial charge in [0.2, 0.25) is 5.91 Å². The van der Waals surface area contributed by atoms with Crippen molar-refractivity contribution in [3.8, 4) is 6.07 Å². The van der Waals surface area contributed by atoms with Crippen LogP contribution in [0.5, 0.6) is 0 Å². The minimum absolute atomic E-state index is 0.0622. The molecule has 15 heavy (non-hydrogen) atoms. The zero-order valence-corrected chi connectivity index (χ0v) is 7.91. The number of carbonyl (C=O) groups excluding carboxylic acids is 2. The zero-order valence-electron chi connectivity index (χ0n) is 7.91. The van der Waals surface area contributed by atoms with Gasteiger partial charge in [0.05, 0.1) is 17.3 Å². The minimum Gasteiger partial charge on any atom is -0.325 e. The fourth-order valence-corrected chi connectivity index (χ4v) is 1.53. The minimum atomic E-state index is -0.183. The van der Waals surface area contributed by atoms with Crippen LogP contribution in [0.15, 0.2) is 18.2 Å². The molecule has 0 fully saturated rings. The van der Waals surface area contributed by atoms with E-state index >= 15 is 0 Å². The molecule has 1 aliphatic rings. The maximum absolute atomic E-state index is 11.6. The Bertz CT molecular complexity index is 486. The van der Waals surface area contributed by atoms with E-state index in [4.69, 9.17) is 5.26 Å². The number of rotatable bonds is 0.